The Morgan fingerprint density at radius 2 is 1.56 bits per heavy atom. The predicted molar refractivity (Wildman–Crippen MR) is 104 cm³/mol. The molecular formula is C21H17F3N2O6. The molecular weight excluding hydrogens is 433 g/mol. The average molecular weight is 450 g/mol. The van der Waals surface area contributed by atoms with Crippen LogP contribution in [-0.2, 0) is 14.3 Å². The van der Waals surface area contributed by atoms with E-state index in [4.69, 9.17) is 10.5 Å². The van der Waals surface area contributed by atoms with Gasteiger partial charge in [0.05, 0.1) is 11.3 Å². The zero-order valence-corrected chi connectivity index (χ0v) is 16.8. The lowest BCUT2D eigenvalue weighted by Crippen LogP contribution is -2.34. The Morgan fingerprint density at radius 3 is 2.12 bits per heavy atom. The van der Waals surface area contributed by atoms with Crippen LogP contribution in [0.1, 0.15) is 45.7 Å². The Kier molecular flexibility index (Phi) is 6.04. The first-order valence-corrected chi connectivity index (χ1v) is 9.28. The summed E-state index contributed by atoms with van der Waals surface area (Å²) in [5.74, 6) is -5.63. The zero-order chi connectivity index (χ0) is 23.8. The number of carbonyl (C=O) groups excluding carboxylic acids is 4. The number of nitrogens with two attached hydrogens (primary N) is 1. The minimum atomic E-state index is -5.37. The third kappa shape index (κ3) is 4.33. The number of fused-ring (bicyclic) bond motifs is 2. The lowest BCUT2D eigenvalue weighted by atomic mass is 9.83. The Morgan fingerprint density at radius 1 is 0.969 bits per heavy atom. The number of ketones is 2. The van der Waals surface area contributed by atoms with Gasteiger partial charge < -0.3 is 20.5 Å². The van der Waals surface area contributed by atoms with Gasteiger partial charge in [0.15, 0.2) is 23.5 Å². The minimum Gasteiger partial charge on any atom is -0.441 e. The van der Waals surface area contributed by atoms with Crippen molar-refractivity contribution in [2.45, 2.75) is 32.3 Å². The number of carbonyl (C=O) groups is 4. The number of esters is 2. The average Bonchev–Trinajstić information content (AvgIpc) is 2.72. The molecule has 0 bridgehead atoms. The van der Waals surface area contributed by atoms with Crippen molar-refractivity contribution in [1.82, 2.24) is 0 Å². The van der Waals surface area contributed by atoms with Gasteiger partial charge in [0.1, 0.15) is 6.04 Å². The summed E-state index contributed by atoms with van der Waals surface area (Å²) in [7, 11) is 0. The van der Waals surface area contributed by atoms with Crippen LogP contribution in [0, 0.1) is 0 Å². The summed E-state index contributed by atoms with van der Waals surface area (Å²) in [5, 5.41) is 2.56. The SMILES string of the molecule is CC(Nc1ccc2c(c1OC(=O)C(F)(F)F)C(=O)c1ccccc1C2=O)OC(=O)[C@H](C)N. The first-order chi connectivity index (χ1) is 14.9. The third-order valence-electron chi connectivity index (χ3n) is 4.50. The molecule has 0 fully saturated rings. The van der Waals surface area contributed by atoms with Gasteiger partial charge in [0.2, 0.25) is 0 Å². The Hall–Kier alpha value is -3.73. The molecule has 0 aromatic heterocycles. The van der Waals surface area contributed by atoms with Gasteiger partial charge in [-0.2, -0.15) is 13.2 Å². The van der Waals surface area contributed by atoms with Crippen molar-refractivity contribution in [1.29, 1.82) is 0 Å². The highest BCUT2D eigenvalue weighted by molar-refractivity contribution is 6.30. The van der Waals surface area contributed by atoms with Gasteiger partial charge in [0, 0.05) is 16.7 Å². The third-order valence-corrected chi connectivity index (χ3v) is 4.50. The molecule has 8 nitrogen and oxygen atoms in total. The number of rotatable bonds is 5. The fourth-order valence-corrected chi connectivity index (χ4v) is 3.06. The van der Waals surface area contributed by atoms with Crippen molar-refractivity contribution in [3.63, 3.8) is 0 Å². The predicted octanol–water partition coefficient (Wildman–Crippen LogP) is 2.58. The van der Waals surface area contributed by atoms with E-state index in [2.05, 4.69) is 10.1 Å². The van der Waals surface area contributed by atoms with Crippen molar-refractivity contribution < 1.29 is 41.8 Å². The van der Waals surface area contributed by atoms with E-state index in [1.807, 2.05) is 0 Å². The van der Waals surface area contributed by atoms with Crippen molar-refractivity contribution in [2.75, 3.05) is 5.32 Å². The molecule has 2 atom stereocenters. The minimum absolute atomic E-state index is 0.0529. The van der Waals surface area contributed by atoms with Crippen molar-refractivity contribution in [2.24, 2.45) is 5.73 Å². The molecule has 3 N–H and O–H groups in total. The normalized spacial score (nSPS) is 14.7. The number of alkyl halides is 3. The molecule has 0 radical (unpaired) electrons. The van der Waals surface area contributed by atoms with Crippen LogP contribution in [0.15, 0.2) is 36.4 Å². The van der Waals surface area contributed by atoms with Crippen LogP contribution < -0.4 is 15.8 Å². The first-order valence-electron chi connectivity index (χ1n) is 9.28. The number of hydrogen-bond acceptors (Lipinski definition) is 8. The van der Waals surface area contributed by atoms with Crippen LogP contribution in [0.25, 0.3) is 0 Å². The molecule has 0 aliphatic heterocycles. The van der Waals surface area contributed by atoms with Gasteiger partial charge in [-0.3, -0.25) is 14.4 Å². The highest BCUT2D eigenvalue weighted by Crippen LogP contribution is 2.39. The van der Waals surface area contributed by atoms with Crippen LogP contribution in [0.4, 0.5) is 18.9 Å². The Labute approximate surface area is 179 Å². The van der Waals surface area contributed by atoms with Crippen molar-refractivity contribution >= 4 is 29.2 Å². The fourth-order valence-electron chi connectivity index (χ4n) is 3.06. The summed E-state index contributed by atoms with van der Waals surface area (Å²) in [5.41, 5.74) is 4.41. The summed E-state index contributed by atoms with van der Waals surface area (Å²) in [6, 6.07) is 7.13. The van der Waals surface area contributed by atoms with Crippen LogP contribution >= 0.6 is 0 Å². The van der Waals surface area contributed by atoms with Gasteiger partial charge in [-0.1, -0.05) is 24.3 Å². The molecule has 0 amide bonds. The highest BCUT2D eigenvalue weighted by atomic mass is 19.4. The monoisotopic (exact) mass is 450 g/mol. The van der Waals surface area contributed by atoms with E-state index in [0.717, 1.165) is 6.07 Å². The van der Waals surface area contributed by atoms with Crippen LogP contribution in [0.5, 0.6) is 5.75 Å². The quantitative estimate of drug-likeness (QED) is 0.345. The van der Waals surface area contributed by atoms with Crippen LogP contribution in [0.2, 0.25) is 0 Å². The molecule has 0 saturated heterocycles. The summed E-state index contributed by atoms with van der Waals surface area (Å²) >= 11 is 0. The molecule has 0 spiro atoms. The number of ether oxygens (including phenoxy) is 2. The van der Waals surface area contributed by atoms with Gasteiger partial charge in [-0.05, 0) is 26.0 Å². The maximum absolute atomic E-state index is 13.1. The van der Waals surface area contributed by atoms with E-state index >= 15 is 0 Å². The lowest BCUT2D eigenvalue weighted by molar-refractivity contribution is -0.189. The van der Waals surface area contributed by atoms with E-state index in [-0.39, 0.29) is 22.4 Å². The molecule has 3 rings (SSSR count). The number of benzene rings is 2. The number of hydrogen-bond donors (Lipinski definition) is 2. The standard InChI is InChI=1S/C21H17F3N2O6/c1-9(25)19(29)31-10(2)26-14-8-7-13-15(18(14)32-20(30)21(22,23)24)17(28)12-6-4-3-5-11(12)16(13)27/h3-10,26H,25H2,1-2H3/t9-,10?/m0/s1. The van der Waals surface area contributed by atoms with Crippen LogP contribution in [0.3, 0.4) is 0 Å². The largest absolute Gasteiger partial charge is 0.491 e. The topological polar surface area (TPSA) is 125 Å². The van der Waals surface area contributed by atoms with E-state index in [0.29, 0.717) is 0 Å². The second-order valence-electron chi connectivity index (χ2n) is 6.97. The number of anilines is 1. The maximum atomic E-state index is 13.1. The molecule has 2 aromatic carbocycles. The molecule has 0 heterocycles. The van der Waals surface area contributed by atoms with Crippen LogP contribution in [-0.4, -0.2) is 42.0 Å². The molecule has 1 unspecified atom stereocenters. The summed E-state index contributed by atoms with van der Waals surface area (Å²) in [6.07, 6.45) is -6.50. The van der Waals surface area contributed by atoms with Crippen molar-refractivity contribution in [3.05, 3.63) is 58.7 Å². The number of nitrogens with one attached hydrogen (secondary N) is 1. The van der Waals surface area contributed by atoms with E-state index in [9.17, 15) is 32.3 Å². The Bertz CT molecular complexity index is 1130. The highest BCUT2D eigenvalue weighted by Gasteiger charge is 2.43. The maximum Gasteiger partial charge on any atom is 0.491 e. The first kappa shape index (κ1) is 22.9. The van der Waals surface area contributed by atoms with Gasteiger partial charge in [-0.25, -0.2) is 4.79 Å². The smallest absolute Gasteiger partial charge is 0.441 e. The lowest BCUT2D eigenvalue weighted by Gasteiger charge is -2.24. The summed E-state index contributed by atoms with van der Waals surface area (Å²) in [6.45, 7) is 2.71. The molecule has 1 aliphatic rings. The molecule has 168 valence electrons. The van der Waals surface area contributed by atoms with Gasteiger partial charge >= 0.3 is 18.1 Å². The molecule has 2 aromatic rings. The summed E-state index contributed by atoms with van der Waals surface area (Å²) in [4.78, 5) is 49.1. The molecule has 0 saturated carbocycles. The van der Waals surface area contributed by atoms with E-state index < -0.39 is 53.3 Å². The van der Waals surface area contributed by atoms with E-state index in [1.54, 1.807) is 0 Å². The van der Waals surface area contributed by atoms with E-state index in [1.165, 1.54) is 44.2 Å². The molecule has 1 aliphatic carbocycles. The molecule has 11 heteroatoms. The second-order valence-corrected chi connectivity index (χ2v) is 6.97. The van der Waals surface area contributed by atoms with Gasteiger partial charge in [0.25, 0.3) is 0 Å². The summed E-state index contributed by atoms with van der Waals surface area (Å²) < 4.78 is 48.2. The second kappa shape index (κ2) is 8.42. The molecule has 32 heavy (non-hydrogen) atoms. The Balaban J connectivity index is 2.11. The fraction of sp³-hybridized carbons (Fsp3) is 0.238. The van der Waals surface area contributed by atoms with Gasteiger partial charge in [-0.15, -0.1) is 0 Å². The van der Waals surface area contributed by atoms with Crippen molar-refractivity contribution in [3.8, 4) is 5.75 Å². The zero-order valence-electron chi connectivity index (χ0n) is 16.8. The number of halogens is 3.